The van der Waals surface area contributed by atoms with Crippen LogP contribution in [0.25, 0.3) is 17.0 Å². The van der Waals surface area contributed by atoms with Gasteiger partial charge in [0.05, 0.1) is 12.7 Å². The third-order valence-corrected chi connectivity index (χ3v) is 6.24. The highest BCUT2D eigenvalue weighted by molar-refractivity contribution is 5.91. The van der Waals surface area contributed by atoms with Crippen molar-refractivity contribution in [1.29, 1.82) is 0 Å². The normalized spacial score (nSPS) is 20.5. The van der Waals surface area contributed by atoms with E-state index in [1.807, 2.05) is 30.3 Å². The summed E-state index contributed by atoms with van der Waals surface area (Å²) in [5, 5.41) is 23.7. The summed E-state index contributed by atoms with van der Waals surface area (Å²) in [5.41, 5.74) is 8.15. The van der Waals surface area contributed by atoms with Crippen LogP contribution in [0.15, 0.2) is 54.6 Å². The van der Waals surface area contributed by atoms with E-state index in [-0.39, 0.29) is 6.61 Å². The fourth-order valence-corrected chi connectivity index (χ4v) is 4.28. The number of H-pyrrole nitrogens is 1. The predicted molar refractivity (Wildman–Crippen MR) is 134 cm³/mol. The van der Waals surface area contributed by atoms with Crippen LogP contribution < -0.4 is 10.8 Å². The van der Waals surface area contributed by atoms with Crippen molar-refractivity contribution in [3.63, 3.8) is 0 Å². The Labute approximate surface area is 204 Å². The van der Waals surface area contributed by atoms with Gasteiger partial charge in [0.15, 0.2) is 6.29 Å². The molecule has 0 bridgehead atoms. The van der Waals surface area contributed by atoms with Crippen LogP contribution in [0.4, 0.5) is 0 Å². The van der Waals surface area contributed by atoms with E-state index in [0.717, 1.165) is 25.1 Å². The second-order valence-electron chi connectivity index (χ2n) is 8.79. The van der Waals surface area contributed by atoms with Crippen molar-refractivity contribution in [3.8, 4) is 0 Å². The molecule has 0 aliphatic carbocycles. The molecule has 1 aliphatic heterocycles. The van der Waals surface area contributed by atoms with Gasteiger partial charge in [-0.3, -0.25) is 4.79 Å². The van der Waals surface area contributed by atoms with E-state index in [1.54, 1.807) is 6.08 Å². The highest BCUT2D eigenvalue weighted by atomic mass is 16.8. The quantitative estimate of drug-likeness (QED) is 0.174. The zero-order valence-electron chi connectivity index (χ0n) is 19.9. The summed E-state index contributed by atoms with van der Waals surface area (Å²) in [6, 6.07) is 16.4. The molecule has 1 amide bonds. The molecule has 0 saturated carbocycles. The minimum absolute atomic E-state index is 0.301. The van der Waals surface area contributed by atoms with Crippen LogP contribution in [-0.4, -0.2) is 52.8 Å². The second-order valence-corrected chi connectivity index (χ2v) is 8.79. The van der Waals surface area contributed by atoms with Crippen LogP contribution in [0.5, 0.6) is 0 Å². The van der Waals surface area contributed by atoms with Gasteiger partial charge >= 0.3 is 0 Å². The Balaban J connectivity index is 1.18. The van der Waals surface area contributed by atoms with Gasteiger partial charge in [-0.05, 0) is 55.1 Å². The Bertz CT molecular complexity index is 1140. The summed E-state index contributed by atoms with van der Waals surface area (Å²) < 4.78 is 5.39. The van der Waals surface area contributed by atoms with Gasteiger partial charge in [-0.1, -0.05) is 42.5 Å². The van der Waals surface area contributed by atoms with Crippen molar-refractivity contribution in [2.24, 2.45) is 0 Å². The summed E-state index contributed by atoms with van der Waals surface area (Å²) >= 11 is 0. The Morgan fingerprint density at radius 3 is 2.80 bits per heavy atom. The topological polar surface area (TPSA) is 116 Å². The fourth-order valence-electron chi connectivity index (χ4n) is 4.28. The van der Waals surface area contributed by atoms with Crippen molar-refractivity contribution in [3.05, 3.63) is 77.0 Å². The van der Waals surface area contributed by atoms with Crippen LogP contribution in [-0.2, 0) is 27.3 Å². The minimum Gasteiger partial charge on any atom is -0.394 e. The lowest BCUT2D eigenvalue weighted by molar-refractivity contribution is -0.248. The maximum Gasteiger partial charge on any atom is 0.267 e. The number of aliphatic hydroxyl groups excluding tert-OH is 2. The first-order valence-electron chi connectivity index (χ1n) is 12.0. The number of fused-ring (bicyclic) bond motifs is 1. The summed E-state index contributed by atoms with van der Waals surface area (Å²) in [6.07, 6.45) is 2.80. The number of carbonyl (C=O) groups is 1. The Morgan fingerprint density at radius 2 is 2.00 bits per heavy atom. The van der Waals surface area contributed by atoms with E-state index in [2.05, 4.69) is 40.9 Å². The number of aryl methyl sites for hydroxylation is 1. The molecular formula is C27H33N3O5. The summed E-state index contributed by atoms with van der Waals surface area (Å²) in [6.45, 7) is 3.47. The highest BCUT2D eigenvalue weighted by Crippen LogP contribution is 2.22. The molecule has 0 unspecified atom stereocenters. The minimum atomic E-state index is -0.725. The molecule has 8 heteroatoms. The lowest BCUT2D eigenvalue weighted by Crippen LogP contribution is -2.44. The number of carbonyl (C=O) groups excluding carboxylic acids is 1. The molecule has 2 aromatic carbocycles. The first-order valence-corrected chi connectivity index (χ1v) is 12.0. The number of hydrogen-bond donors (Lipinski definition) is 5. The monoisotopic (exact) mass is 479 g/mol. The van der Waals surface area contributed by atoms with Crippen molar-refractivity contribution >= 4 is 22.9 Å². The molecule has 0 spiro atoms. The predicted octanol–water partition coefficient (Wildman–Crippen LogP) is 2.73. The molecule has 1 aromatic heterocycles. The van der Waals surface area contributed by atoms with E-state index >= 15 is 0 Å². The number of hydrogen-bond acceptors (Lipinski definition) is 6. The van der Waals surface area contributed by atoms with Gasteiger partial charge in [-0.2, -0.15) is 0 Å². The molecule has 5 N–H and O–H groups in total. The molecule has 8 nitrogen and oxygen atoms in total. The van der Waals surface area contributed by atoms with E-state index in [9.17, 15) is 15.0 Å². The molecule has 1 fully saturated rings. The van der Waals surface area contributed by atoms with Gasteiger partial charge in [0, 0.05) is 35.6 Å². The average Bonchev–Trinajstić information content (AvgIpc) is 3.20. The maximum absolute atomic E-state index is 12.0. The molecule has 1 saturated heterocycles. The standard InChI is InChI=1S/C27H33N3O5/c1-18-21(22-4-2-3-5-23(22)29-18)14-15-28-16-20-8-6-19(7-9-20)10-12-26(33)30-35-27-13-11-24(32)25(17-31)34-27/h2-10,12,24-25,27-29,31-32H,11,13-17H2,1H3,(H,30,33)/b12-10+/t24-,25+,27-/m0/s1. The lowest BCUT2D eigenvalue weighted by atomic mass is 10.1. The number of ether oxygens (including phenoxy) is 1. The van der Waals surface area contributed by atoms with Gasteiger partial charge in [-0.15, -0.1) is 0 Å². The van der Waals surface area contributed by atoms with E-state index in [0.29, 0.717) is 12.8 Å². The first kappa shape index (κ1) is 25.1. The van der Waals surface area contributed by atoms with Gasteiger partial charge in [0.25, 0.3) is 5.91 Å². The van der Waals surface area contributed by atoms with Crippen LogP contribution in [0, 0.1) is 6.92 Å². The van der Waals surface area contributed by atoms with Crippen LogP contribution in [0.2, 0.25) is 0 Å². The number of aromatic nitrogens is 1. The molecule has 4 rings (SSSR count). The van der Waals surface area contributed by atoms with E-state index < -0.39 is 24.4 Å². The number of aliphatic hydroxyl groups is 2. The maximum atomic E-state index is 12.0. The van der Waals surface area contributed by atoms with Gasteiger partial charge in [0.1, 0.15) is 6.10 Å². The first-order chi connectivity index (χ1) is 17.0. The van der Waals surface area contributed by atoms with E-state index in [4.69, 9.17) is 9.57 Å². The number of rotatable bonds is 10. The molecule has 3 atom stereocenters. The number of nitrogens with one attached hydrogen (secondary N) is 3. The number of aromatic amines is 1. The molecular weight excluding hydrogens is 446 g/mol. The Morgan fingerprint density at radius 1 is 1.20 bits per heavy atom. The SMILES string of the molecule is Cc1[nH]c2ccccc2c1CCNCc1ccc(/C=C/C(=O)NO[C@H]2CC[C@H](O)[C@@H](CO)O2)cc1. The third-order valence-electron chi connectivity index (χ3n) is 6.24. The Hall–Kier alpha value is -3.01. The van der Waals surface area contributed by atoms with Crippen molar-refractivity contribution in [2.45, 2.75) is 51.2 Å². The van der Waals surface area contributed by atoms with Crippen LogP contribution in [0.1, 0.15) is 35.2 Å². The van der Waals surface area contributed by atoms with Gasteiger partial charge in [-0.25, -0.2) is 10.3 Å². The molecule has 186 valence electrons. The number of para-hydroxylation sites is 1. The summed E-state index contributed by atoms with van der Waals surface area (Å²) in [5.74, 6) is -0.418. The largest absolute Gasteiger partial charge is 0.394 e. The van der Waals surface area contributed by atoms with Crippen molar-refractivity contribution < 1.29 is 24.6 Å². The summed E-state index contributed by atoms with van der Waals surface area (Å²) in [4.78, 5) is 20.7. The third kappa shape index (κ3) is 6.78. The lowest BCUT2D eigenvalue weighted by Gasteiger charge is -2.31. The Kier molecular flexibility index (Phi) is 8.68. The van der Waals surface area contributed by atoms with Gasteiger partial charge in [0.2, 0.25) is 0 Å². The number of hydroxylamine groups is 1. The average molecular weight is 480 g/mol. The summed E-state index contributed by atoms with van der Waals surface area (Å²) in [7, 11) is 0. The molecule has 35 heavy (non-hydrogen) atoms. The zero-order chi connectivity index (χ0) is 24.6. The van der Waals surface area contributed by atoms with Crippen molar-refractivity contribution in [1.82, 2.24) is 15.8 Å². The number of benzene rings is 2. The van der Waals surface area contributed by atoms with Crippen LogP contribution >= 0.6 is 0 Å². The molecule has 2 heterocycles. The zero-order valence-corrected chi connectivity index (χ0v) is 19.9. The van der Waals surface area contributed by atoms with Gasteiger partial charge < -0.3 is 25.3 Å². The molecule has 0 radical (unpaired) electrons. The number of amides is 1. The molecule has 3 aromatic rings. The van der Waals surface area contributed by atoms with Crippen molar-refractivity contribution in [2.75, 3.05) is 13.2 Å². The second kappa shape index (κ2) is 12.1. The highest BCUT2D eigenvalue weighted by Gasteiger charge is 2.30. The molecule has 1 aliphatic rings. The fraction of sp³-hybridized carbons (Fsp3) is 0.370. The smallest absolute Gasteiger partial charge is 0.267 e. The van der Waals surface area contributed by atoms with Crippen LogP contribution in [0.3, 0.4) is 0 Å². The van der Waals surface area contributed by atoms with E-state index in [1.165, 1.54) is 33.8 Å².